The summed E-state index contributed by atoms with van der Waals surface area (Å²) >= 11 is 7.65. The lowest BCUT2D eigenvalue weighted by Crippen LogP contribution is -2.38. The van der Waals surface area contributed by atoms with Crippen molar-refractivity contribution in [3.05, 3.63) is 51.7 Å². The maximum atomic E-state index is 13.0. The minimum atomic E-state index is -0.349. The van der Waals surface area contributed by atoms with Crippen LogP contribution in [0.3, 0.4) is 0 Å². The topological polar surface area (TPSA) is 49.9 Å². The Balaban J connectivity index is 1.71. The van der Waals surface area contributed by atoms with Crippen LogP contribution in [-0.2, 0) is 20.9 Å². The van der Waals surface area contributed by atoms with Gasteiger partial charge in [-0.05, 0) is 29.6 Å². The third kappa shape index (κ3) is 4.44. The number of halogens is 1. The molecule has 1 aliphatic rings. The van der Waals surface area contributed by atoms with E-state index in [-0.39, 0.29) is 24.2 Å². The maximum absolute atomic E-state index is 13.0. The van der Waals surface area contributed by atoms with E-state index < -0.39 is 0 Å². The molecule has 0 bridgehead atoms. The molecular weight excluding hydrogens is 372 g/mol. The van der Waals surface area contributed by atoms with Crippen LogP contribution in [0.5, 0.6) is 0 Å². The highest BCUT2D eigenvalue weighted by atomic mass is 35.5. The Hall–Kier alpha value is -1.89. The van der Waals surface area contributed by atoms with E-state index >= 15 is 0 Å². The molecule has 0 radical (unpaired) electrons. The van der Waals surface area contributed by atoms with E-state index in [0.717, 1.165) is 10.6 Å². The van der Waals surface area contributed by atoms with Gasteiger partial charge in [0, 0.05) is 42.2 Å². The van der Waals surface area contributed by atoms with Crippen LogP contribution in [0, 0.1) is 5.92 Å². The van der Waals surface area contributed by atoms with Crippen molar-refractivity contribution in [2.24, 2.45) is 5.92 Å². The van der Waals surface area contributed by atoms with E-state index in [0.29, 0.717) is 31.3 Å². The summed E-state index contributed by atoms with van der Waals surface area (Å²) < 4.78 is 5.15. The summed E-state index contributed by atoms with van der Waals surface area (Å²) in [6, 6.07) is 11.1. The van der Waals surface area contributed by atoms with Gasteiger partial charge in [0.05, 0.1) is 19.1 Å². The Bertz CT molecular complexity index is 766. The molecule has 1 atom stereocenters. The first-order valence-corrected chi connectivity index (χ1v) is 9.70. The fourth-order valence-corrected chi connectivity index (χ4v) is 3.99. The summed E-state index contributed by atoms with van der Waals surface area (Å²) in [5.74, 6) is -0.403. The Morgan fingerprint density at radius 1 is 1.38 bits per heavy atom. The lowest BCUT2D eigenvalue weighted by molar-refractivity contribution is -0.137. The van der Waals surface area contributed by atoms with Crippen molar-refractivity contribution in [2.45, 2.75) is 13.0 Å². The number of ether oxygens (including phenoxy) is 1. The summed E-state index contributed by atoms with van der Waals surface area (Å²) in [6.07, 6.45) is 0.221. The predicted molar refractivity (Wildman–Crippen MR) is 104 cm³/mol. The summed E-state index contributed by atoms with van der Waals surface area (Å²) in [7, 11) is 1.62. The molecule has 0 aliphatic carbocycles. The van der Waals surface area contributed by atoms with Gasteiger partial charge in [0.25, 0.3) is 0 Å². The van der Waals surface area contributed by atoms with Crippen molar-refractivity contribution in [1.82, 2.24) is 4.90 Å². The SMILES string of the molecule is COCCN(Cc1cccs1)C(=O)C1CC(=O)N(c2cccc(Cl)c2)C1. The zero-order chi connectivity index (χ0) is 18.5. The van der Waals surface area contributed by atoms with Crippen molar-refractivity contribution in [2.75, 3.05) is 31.7 Å². The number of anilines is 1. The molecule has 1 saturated heterocycles. The number of methoxy groups -OCH3 is 1. The number of carbonyl (C=O) groups excluding carboxylic acids is 2. The van der Waals surface area contributed by atoms with Gasteiger partial charge in [-0.2, -0.15) is 0 Å². The Morgan fingerprint density at radius 2 is 2.23 bits per heavy atom. The van der Waals surface area contributed by atoms with E-state index in [4.69, 9.17) is 16.3 Å². The highest BCUT2D eigenvalue weighted by molar-refractivity contribution is 7.09. The van der Waals surface area contributed by atoms with Gasteiger partial charge >= 0.3 is 0 Å². The van der Waals surface area contributed by atoms with E-state index in [9.17, 15) is 9.59 Å². The molecule has 0 N–H and O–H groups in total. The van der Waals surface area contributed by atoms with Gasteiger partial charge in [0.15, 0.2) is 0 Å². The quantitative estimate of drug-likeness (QED) is 0.725. The zero-order valence-electron chi connectivity index (χ0n) is 14.6. The highest BCUT2D eigenvalue weighted by Gasteiger charge is 2.37. The van der Waals surface area contributed by atoms with Gasteiger partial charge in [0.1, 0.15) is 0 Å². The summed E-state index contributed by atoms with van der Waals surface area (Å²) in [4.78, 5) is 30.0. The fraction of sp³-hybridized carbons (Fsp3) is 0.368. The number of hydrogen-bond donors (Lipinski definition) is 0. The molecule has 1 unspecified atom stereocenters. The van der Waals surface area contributed by atoms with Crippen LogP contribution in [0.2, 0.25) is 5.02 Å². The number of carbonyl (C=O) groups is 2. The predicted octanol–water partition coefficient (Wildman–Crippen LogP) is 3.43. The molecule has 0 saturated carbocycles. The minimum absolute atomic E-state index is 0.00618. The molecule has 7 heteroatoms. The summed E-state index contributed by atoms with van der Waals surface area (Å²) in [5, 5.41) is 2.57. The first-order chi connectivity index (χ1) is 12.6. The Kier molecular flexibility index (Phi) is 6.29. The smallest absolute Gasteiger partial charge is 0.228 e. The summed E-state index contributed by atoms with van der Waals surface area (Å²) in [6.45, 7) is 1.90. The molecular formula is C19H21ClN2O3S. The lowest BCUT2D eigenvalue weighted by atomic mass is 10.1. The molecule has 1 aromatic carbocycles. The van der Waals surface area contributed by atoms with E-state index in [1.54, 1.807) is 40.4 Å². The molecule has 138 valence electrons. The van der Waals surface area contributed by atoms with Crippen LogP contribution in [0.25, 0.3) is 0 Å². The molecule has 2 heterocycles. The largest absolute Gasteiger partial charge is 0.383 e. The molecule has 0 spiro atoms. The molecule has 3 rings (SSSR count). The van der Waals surface area contributed by atoms with Crippen LogP contribution in [-0.4, -0.2) is 43.5 Å². The molecule has 5 nitrogen and oxygen atoms in total. The molecule has 2 amide bonds. The van der Waals surface area contributed by atoms with Gasteiger partial charge in [-0.15, -0.1) is 11.3 Å². The molecule has 1 fully saturated rings. The standard InChI is InChI=1S/C19H21ClN2O3S/c1-25-8-7-21(13-17-6-3-9-26-17)19(24)14-10-18(23)22(12-14)16-5-2-4-15(20)11-16/h2-6,9,11,14H,7-8,10,12-13H2,1H3. The number of nitrogens with zero attached hydrogens (tertiary/aromatic N) is 2. The summed E-state index contributed by atoms with van der Waals surface area (Å²) in [5.41, 5.74) is 0.736. The van der Waals surface area contributed by atoms with Crippen LogP contribution < -0.4 is 4.90 Å². The second-order valence-corrected chi connectivity index (χ2v) is 7.69. The number of hydrogen-bond acceptors (Lipinski definition) is 4. The molecule has 1 aromatic heterocycles. The number of rotatable bonds is 7. The first-order valence-electron chi connectivity index (χ1n) is 8.44. The van der Waals surface area contributed by atoms with E-state index in [1.165, 1.54) is 0 Å². The lowest BCUT2D eigenvalue weighted by Gasteiger charge is -2.25. The van der Waals surface area contributed by atoms with E-state index in [1.807, 2.05) is 29.6 Å². The highest BCUT2D eigenvalue weighted by Crippen LogP contribution is 2.28. The number of thiophene rings is 1. The van der Waals surface area contributed by atoms with Crippen LogP contribution in [0.15, 0.2) is 41.8 Å². The van der Waals surface area contributed by atoms with Gasteiger partial charge in [-0.3, -0.25) is 9.59 Å². The van der Waals surface area contributed by atoms with Crippen molar-refractivity contribution in [1.29, 1.82) is 0 Å². The normalized spacial score (nSPS) is 16.9. The second-order valence-electron chi connectivity index (χ2n) is 6.22. The fourth-order valence-electron chi connectivity index (χ4n) is 3.08. The second kappa shape index (κ2) is 8.66. The monoisotopic (exact) mass is 392 g/mol. The van der Waals surface area contributed by atoms with Gasteiger partial charge in [0.2, 0.25) is 11.8 Å². The first kappa shape index (κ1) is 18.9. The third-order valence-electron chi connectivity index (χ3n) is 4.40. The van der Waals surface area contributed by atoms with Gasteiger partial charge < -0.3 is 14.5 Å². The average molecular weight is 393 g/mol. The van der Waals surface area contributed by atoms with Crippen LogP contribution in [0.1, 0.15) is 11.3 Å². The maximum Gasteiger partial charge on any atom is 0.228 e. The molecule has 1 aliphatic heterocycles. The van der Waals surface area contributed by atoms with Crippen molar-refractivity contribution in [3.63, 3.8) is 0 Å². The van der Waals surface area contributed by atoms with Crippen LogP contribution in [0.4, 0.5) is 5.69 Å². The number of amides is 2. The van der Waals surface area contributed by atoms with Gasteiger partial charge in [-0.1, -0.05) is 23.7 Å². The Morgan fingerprint density at radius 3 is 2.92 bits per heavy atom. The number of benzene rings is 1. The van der Waals surface area contributed by atoms with Crippen molar-refractivity contribution >= 4 is 40.4 Å². The van der Waals surface area contributed by atoms with Gasteiger partial charge in [-0.25, -0.2) is 0 Å². The average Bonchev–Trinajstić information content (AvgIpc) is 3.27. The molecule has 26 heavy (non-hydrogen) atoms. The zero-order valence-corrected chi connectivity index (χ0v) is 16.1. The third-order valence-corrected chi connectivity index (χ3v) is 5.49. The van der Waals surface area contributed by atoms with E-state index in [2.05, 4.69) is 0 Å². The Labute approximate surface area is 162 Å². The van der Waals surface area contributed by atoms with Crippen molar-refractivity contribution in [3.8, 4) is 0 Å². The molecule has 2 aromatic rings. The van der Waals surface area contributed by atoms with Crippen LogP contribution >= 0.6 is 22.9 Å². The van der Waals surface area contributed by atoms with Crippen molar-refractivity contribution < 1.29 is 14.3 Å². The minimum Gasteiger partial charge on any atom is -0.383 e.